The van der Waals surface area contributed by atoms with Gasteiger partial charge in [-0.1, -0.05) is 0 Å². The number of anilines is 3. The summed E-state index contributed by atoms with van der Waals surface area (Å²) in [6.07, 6.45) is 5.32. The fraction of sp³-hybridized carbons (Fsp3) is 0.167. The van der Waals surface area contributed by atoms with Crippen LogP contribution in [0.5, 0.6) is 0 Å². The third-order valence-corrected chi connectivity index (χ3v) is 2.38. The minimum absolute atomic E-state index is 0.673. The number of pyridine rings is 2. The zero-order chi connectivity index (χ0) is 11.5. The topological polar surface area (TPSA) is 55.0 Å². The maximum Gasteiger partial charge on any atom is 0.156 e. The molecule has 0 unspecified atom stereocenters. The largest absolute Gasteiger partial charge is 0.396 e. The molecule has 16 heavy (non-hydrogen) atoms. The average Bonchev–Trinajstić information content (AvgIpc) is 2.29. The summed E-state index contributed by atoms with van der Waals surface area (Å²) in [5, 5.41) is 0. The summed E-state index contributed by atoms with van der Waals surface area (Å²) in [6, 6.07) is 5.76. The molecule has 0 aromatic carbocycles. The second-order valence-electron chi connectivity index (χ2n) is 3.70. The third-order valence-electron chi connectivity index (χ3n) is 2.38. The summed E-state index contributed by atoms with van der Waals surface area (Å²) < 4.78 is 0. The van der Waals surface area contributed by atoms with Gasteiger partial charge in [0.25, 0.3) is 0 Å². The van der Waals surface area contributed by atoms with Gasteiger partial charge in [-0.2, -0.15) is 0 Å². The standard InChI is InChI=1S/C12H14N4/c1-9-6-11(13)12(15-7-9)16(2)10-4-3-5-14-8-10/h3-8H,13H2,1-2H3. The molecular formula is C12H14N4. The van der Waals surface area contributed by atoms with Crippen LogP contribution < -0.4 is 10.6 Å². The monoisotopic (exact) mass is 214 g/mol. The highest BCUT2D eigenvalue weighted by atomic mass is 15.2. The molecule has 4 nitrogen and oxygen atoms in total. The first-order valence-corrected chi connectivity index (χ1v) is 5.04. The van der Waals surface area contributed by atoms with Crippen molar-refractivity contribution in [2.24, 2.45) is 0 Å². The third kappa shape index (κ3) is 1.95. The number of aryl methyl sites for hydroxylation is 1. The Hall–Kier alpha value is -2.10. The molecule has 2 heterocycles. The van der Waals surface area contributed by atoms with E-state index < -0.39 is 0 Å². The molecule has 0 radical (unpaired) electrons. The maximum atomic E-state index is 5.94. The molecule has 0 aliphatic heterocycles. The van der Waals surface area contributed by atoms with E-state index in [1.54, 1.807) is 18.6 Å². The Morgan fingerprint density at radius 2 is 2.12 bits per heavy atom. The van der Waals surface area contributed by atoms with Crippen molar-refractivity contribution >= 4 is 17.2 Å². The second-order valence-corrected chi connectivity index (χ2v) is 3.70. The van der Waals surface area contributed by atoms with Crippen molar-refractivity contribution in [1.29, 1.82) is 0 Å². The van der Waals surface area contributed by atoms with E-state index in [9.17, 15) is 0 Å². The Balaban J connectivity index is 2.38. The molecule has 2 N–H and O–H groups in total. The first-order valence-electron chi connectivity index (χ1n) is 5.04. The van der Waals surface area contributed by atoms with Gasteiger partial charge in [-0.25, -0.2) is 4.98 Å². The molecule has 82 valence electrons. The second kappa shape index (κ2) is 4.18. The Morgan fingerprint density at radius 3 is 2.75 bits per heavy atom. The molecule has 0 amide bonds. The Kier molecular flexibility index (Phi) is 2.72. The molecule has 2 aromatic heterocycles. The van der Waals surface area contributed by atoms with Gasteiger partial charge in [0.2, 0.25) is 0 Å². The first-order chi connectivity index (χ1) is 7.68. The number of nitrogens with zero attached hydrogens (tertiary/aromatic N) is 3. The fourth-order valence-electron chi connectivity index (χ4n) is 1.54. The molecule has 0 saturated carbocycles. The molecule has 2 aromatic rings. The van der Waals surface area contributed by atoms with Gasteiger partial charge >= 0.3 is 0 Å². The Labute approximate surface area is 94.8 Å². The van der Waals surface area contributed by atoms with Crippen molar-refractivity contribution in [3.63, 3.8) is 0 Å². The highest BCUT2D eigenvalue weighted by molar-refractivity contribution is 5.70. The summed E-state index contributed by atoms with van der Waals surface area (Å²) in [7, 11) is 1.92. The van der Waals surface area contributed by atoms with Crippen molar-refractivity contribution in [3.8, 4) is 0 Å². The average molecular weight is 214 g/mol. The van der Waals surface area contributed by atoms with Gasteiger partial charge in [-0.05, 0) is 30.7 Å². The first kappa shape index (κ1) is 10.4. The Morgan fingerprint density at radius 1 is 1.31 bits per heavy atom. The highest BCUT2D eigenvalue weighted by Crippen LogP contribution is 2.26. The van der Waals surface area contributed by atoms with Crippen LogP contribution in [0.25, 0.3) is 0 Å². The van der Waals surface area contributed by atoms with E-state index in [4.69, 9.17) is 5.73 Å². The molecule has 0 atom stereocenters. The number of rotatable bonds is 2. The van der Waals surface area contributed by atoms with Crippen molar-refractivity contribution in [1.82, 2.24) is 9.97 Å². The quantitative estimate of drug-likeness (QED) is 0.832. The Bertz CT molecular complexity index is 482. The molecule has 4 heteroatoms. The van der Waals surface area contributed by atoms with E-state index in [0.717, 1.165) is 17.1 Å². The molecular weight excluding hydrogens is 200 g/mol. The lowest BCUT2D eigenvalue weighted by atomic mass is 10.2. The summed E-state index contributed by atoms with van der Waals surface area (Å²) in [4.78, 5) is 10.3. The molecule has 0 fully saturated rings. The number of nitrogen functional groups attached to an aromatic ring is 1. The predicted octanol–water partition coefficient (Wildman–Crippen LogP) is 2.14. The highest BCUT2D eigenvalue weighted by Gasteiger charge is 2.08. The zero-order valence-electron chi connectivity index (χ0n) is 9.38. The van der Waals surface area contributed by atoms with Gasteiger partial charge in [0.1, 0.15) is 0 Å². The molecule has 0 aliphatic rings. The van der Waals surface area contributed by atoms with Crippen LogP contribution in [0.4, 0.5) is 17.2 Å². The van der Waals surface area contributed by atoms with Crippen LogP contribution >= 0.6 is 0 Å². The van der Waals surface area contributed by atoms with Crippen LogP contribution in [0.3, 0.4) is 0 Å². The van der Waals surface area contributed by atoms with Gasteiger partial charge in [0, 0.05) is 19.4 Å². The van der Waals surface area contributed by atoms with E-state index in [1.807, 2.05) is 37.1 Å². The molecule has 0 saturated heterocycles. The van der Waals surface area contributed by atoms with Gasteiger partial charge in [-0.3, -0.25) is 4.98 Å². The molecule has 0 spiro atoms. The van der Waals surface area contributed by atoms with Gasteiger partial charge in [0.05, 0.1) is 17.6 Å². The van der Waals surface area contributed by atoms with E-state index in [0.29, 0.717) is 5.69 Å². The fourth-order valence-corrected chi connectivity index (χ4v) is 1.54. The minimum atomic E-state index is 0.673. The van der Waals surface area contributed by atoms with Crippen LogP contribution in [0.15, 0.2) is 36.8 Å². The summed E-state index contributed by atoms with van der Waals surface area (Å²) >= 11 is 0. The predicted molar refractivity (Wildman–Crippen MR) is 65.7 cm³/mol. The molecule has 0 aliphatic carbocycles. The van der Waals surface area contributed by atoms with Gasteiger partial charge < -0.3 is 10.6 Å². The summed E-state index contributed by atoms with van der Waals surface area (Å²) in [5.41, 5.74) is 8.63. The normalized spacial score (nSPS) is 10.1. The molecule has 2 rings (SSSR count). The van der Waals surface area contributed by atoms with E-state index >= 15 is 0 Å². The zero-order valence-corrected chi connectivity index (χ0v) is 9.38. The minimum Gasteiger partial charge on any atom is -0.396 e. The van der Waals surface area contributed by atoms with Gasteiger partial charge in [0.15, 0.2) is 5.82 Å². The lowest BCUT2D eigenvalue weighted by Gasteiger charge is -2.19. The van der Waals surface area contributed by atoms with E-state index in [-0.39, 0.29) is 0 Å². The maximum absolute atomic E-state index is 5.94. The van der Waals surface area contributed by atoms with E-state index in [2.05, 4.69) is 9.97 Å². The van der Waals surface area contributed by atoms with Gasteiger partial charge in [-0.15, -0.1) is 0 Å². The van der Waals surface area contributed by atoms with Crippen molar-refractivity contribution < 1.29 is 0 Å². The van der Waals surface area contributed by atoms with Crippen LogP contribution in [0, 0.1) is 6.92 Å². The summed E-state index contributed by atoms with van der Waals surface area (Å²) in [6.45, 7) is 1.97. The smallest absolute Gasteiger partial charge is 0.156 e. The number of aromatic nitrogens is 2. The van der Waals surface area contributed by atoms with Crippen LogP contribution in [-0.2, 0) is 0 Å². The van der Waals surface area contributed by atoms with Crippen molar-refractivity contribution in [2.45, 2.75) is 6.92 Å². The molecule has 0 bridgehead atoms. The number of hydrogen-bond acceptors (Lipinski definition) is 4. The SMILES string of the molecule is Cc1cnc(N(C)c2cccnc2)c(N)c1. The van der Waals surface area contributed by atoms with Crippen molar-refractivity contribution in [2.75, 3.05) is 17.7 Å². The van der Waals surface area contributed by atoms with E-state index in [1.165, 1.54) is 0 Å². The lowest BCUT2D eigenvalue weighted by molar-refractivity contribution is 1.11. The van der Waals surface area contributed by atoms with Crippen molar-refractivity contribution in [3.05, 3.63) is 42.4 Å². The van der Waals surface area contributed by atoms with Crippen LogP contribution in [0.1, 0.15) is 5.56 Å². The van der Waals surface area contributed by atoms with Crippen LogP contribution in [-0.4, -0.2) is 17.0 Å². The number of nitrogens with two attached hydrogens (primary N) is 1. The lowest BCUT2D eigenvalue weighted by Crippen LogP contribution is -2.13. The summed E-state index contributed by atoms with van der Waals surface area (Å²) in [5.74, 6) is 0.749. The van der Waals surface area contributed by atoms with Crippen LogP contribution in [0.2, 0.25) is 0 Å². The number of hydrogen-bond donors (Lipinski definition) is 1.